The van der Waals surface area contributed by atoms with Gasteiger partial charge in [0, 0.05) is 9.75 Å². The van der Waals surface area contributed by atoms with Gasteiger partial charge in [-0.3, -0.25) is 0 Å². The number of esters is 1. The van der Waals surface area contributed by atoms with Crippen molar-refractivity contribution in [3.8, 4) is 5.75 Å². The fourth-order valence-electron chi connectivity index (χ4n) is 2.10. The van der Waals surface area contributed by atoms with Gasteiger partial charge in [-0.2, -0.15) is 0 Å². The van der Waals surface area contributed by atoms with Crippen LogP contribution in [0.3, 0.4) is 0 Å². The lowest BCUT2D eigenvalue weighted by Crippen LogP contribution is -2.13. The van der Waals surface area contributed by atoms with Crippen molar-refractivity contribution in [1.82, 2.24) is 0 Å². The lowest BCUT2D eigenvalue weighted by molar-refractivity contribution is -0.137. The van der Waals surface area contributed by atoms with Gasteiger partial charge in [0.05, 0.1) is 5.57 Å². The predicted octanol–water partition coefficient (Wildman–Crippen LogP) is 5.11. The van der Waals surface area contributed by atoms with Crippen LogP contribution in [0.2, 0.25) is 0 Å². The molecule has 3 nitrogen and oxygen atoms in total. The van der Waals surface area contributed by atoms with E-state index < -0.39 is 11.8 Å². The van der Waals surface area contributed by atoms with Crippen LogP contribution in [0, 0.1) is 5.82 Å². The van der Waals surface area contributed by atoms with Crippen molar-refractivity contribution < 1.29 is 18.7 Å². The quantitative estimate of drug-likeness (QED) is 0.327. The highest BCUT2D eigenvalue weighted by molar-refractivity contribution is 7.12. The molecule has 0 fully saturated rings. The summed E-state index contributed by atoms with van der Waals surface area (Å²) in [6, 6.07) is 13.7. The Bertz CT molecular complexity index is 839. The Morgan fingerprint density at radius 1 is 1.00 bits per heavy atom. The fourth-order valence-corrected chi connectivity index (χ4v) is 3.49. The number of para-hydroxylation sites is 1. The third-order valence-electron chi connectivity index (χ3n) is 3.25. The number of carbonyl (C=O) groups is 1. The van der Waals surface area contributed by atoms with Crippen molar-refractivity contribution in [2.24, 2.45) is 0 Å². The molecule has 0 aliphatic rings. The smallest absolute Gasteiger partial charge is 0.339 e. The number of halogens is 1. The number of ether oxygens (including phenoxy) is 2. The van der Waals surface area contributed by atoms with E-state index in [-0.39, 0.29) is 19.0 Å². The summed E-state index contributed by atoms with van der Waals surface area (Å²) < 4.78 is 24.1. The molecule has 0 amide bonds. The second kappa shape index (κ2) is 8.60. The van der Waals surface area contributed by atoms with Gasteiger partial charge in [-0.05, 0) is 41.1 Å². The minimum Gasteiger partial charge on any atom is -0.487 e. The van der Waals surface area contributed by atoms with E-state index in [0.29, 0.717) is 5.57 Å². The number of rotatable bonds is 7. The number of thiophene rings is 2. The first-order valence-electron chi connectivity index (χ1n) is 7.57. The lowest BCUT2D eigenvalue weighted by Gasteiger charge is -2.09. The van der Waals surface area contributed by atoms with E-state index in [9.17, 15) is 9.18 Å². The van der Waals surface area contributed by atoms with Crippen LogP contribution < -0.4 is 4.74 Å². The maximum Gasteiger partial charge on any atom is 0.339 e. The molecule has 0 aliphatic heterocycles. The third-order valence-corrected chi connectivity index (χ3v) is 4.97. The number of hydrogen-bond donors (Lipinski definition) is 0. The van der Waals surface area contributed by atoms with Gasteiger partial charge in [-0.25, -0.2) is 9.18 Å². The van der Waals surface area contributed by atoms with Crippen molar-refractivity contribution in [2.75, 3.05) is 13.2 Å². The van der Waals surface area contributed by atoms with Crippen LogP contribution in [0.15, 0.2) is 59.3 Å². The highest BCUT2D eigenvalue weighted by Gasteiger charge is 2.15. The van der Waals surface area contributed by atoms with Crippen molar-refractivity contribution in [2.45, 2.75) is 0 Å². The highest BCUT2D eigenvalue weighted by atomic mass is 32.1. The first-order chi connectivity index (χ1) is 12.2. The van der Waals surface area contributed by atoms with Gasteiger partial charge < -0.3 is 9.47 Å². The van der Waals surface area contributed by atoms with Crippen LogP contribution >= 0.6 is 22.7 Å². The zero-order valence-corrected chi connectivity index (χ0v) is 14.8. The van der Waals surface area contributed by atoms with Crippen molar-refractivity contribution in [3.63, 3.8) is 0 Å². The van der Waals surface area contributed by atoms with Crippen LogP contribution in [0.25, 0.3) is 11.6 Å². The molecule has 0 aliphatic carbocycles. The molecule has 0 radical (unpaired) electrons. The Labute approximate surface area is 153 Å². The predicted molar refractivity (Wildman–Crippen MR) is 99.4 cm³/mol. The molecule has 0 bridgehead atoms. The van der Waals surface area contributed by atoms with E-state index in [1.165, 1.54) is 23.5 Å². The van der Waals surface area contributed by atoms with E-state index >= 15 is 0 Å². The van der Waals surface area contributed by atoms with Gasteiger partial charge in [-0.1, -0.05) is 24.3 Å². The normalized spacial score (nSPS) is 11.3. The number of carbonyl (C=O) groups excluding carboxylic acids is 1. The summed E-state index contributed by atoms with van der Waals surface area (Å²) in [5.74, 6) is -0.718. The average molecular weight is 374 g/mol. The largest absolute Gasteiger partial charge is 0.487 e. The molecule has 0 spiro atoms. The van der Waals surface area contributed by atoms with E-state index in [2.05, 4.69) is 0 Å². The Balaban J connectivity index is 1.61. The first kappa shape index (κ1) is 17.4. The monoisotopic (exact) mass is 374 g/mol. The van der Waals surface area contributed by atoms with Crippen LogP contribution in [0.5, 0.6) is 5.75 Å². The summed E-state index contributed by atoms with van der Waals surface area (Å²) >= 11 is 3.02. The number of benzene rings is 1. The molecule has 128 valence electrons. The van der Waals surface area contributed by atoms with Gasteiger partial charge in [0.1, 0.15) is 13.2 Å². The average Bonchev–Trinajstić information content (AvgIpc) is 3.31. The summed E-state index contributed by atoms with van der Waals surface area (Å²) in [6.45, 7) is 0.129. The van der Waals surface area contributed by atoms with Gasteiger partial charge in [0.25, 0.3) is 0 Å². The molecule has 2 heterocycles. The van der Waals surface area contributed by atoms with Gasteiger partial charge >= 0.3 is 5.97 Å². The van der Waals surface area contributed by atoms with Crippen molar-refractivity contribution in [3.05, 3.63) is 74.9 Å². The molecule has 25 heavy (non-hydrogen) atoms. The topological polar surface area (TPSA) is 35.5 Å². The molecule has 0 saturated heterocycles. The van der Waals surface area contributed by atoms with Crippen LogP contribution in [0.4, 0.5) is 4.39 Å². The van der Waals surface area contributed by atoms with Crippen molar-refractivity contribution in [1.29, 1.82) is 0 Å². The van der Waals surface area contributed by atoms with Crippen LogP contribution in [-0.4, -0.2) is 19.2 Å². The maximum atomic E-state index is 13.5. The van der Waals surface area contributed by atoms with Crippen molar-refractivity contribution >= 4 is 40.3 Å². The fraction of sp³-hybridized carbons (Fsp3) is 0.105. The summed E-state index contributed by atoms with van der Waals surface area (Å²) in [7, 11) is 0. The molecule has 6 heteroatoms. The van der Waals surface area contributed by atoms with Gasteiger partial charge in [0.2, 0.25) is 0 Å². The Hall–Kier alpha value is -2.44. The molecule has 3 aromatic rings. The minimum atomic E-state index is -0.439. The van der Waals surface area contributed by atoms with E-state index in [1.54, 1.807) is 23.5 Å². The van der Waals surface area contributed by atoms with Gasteiger partial charge in [0.15, 0.2) is 11.6 Å². The first-order valence-corrected chi connectivity index (χ1v) is 9.33. The number of hydrogen-bond acceptors (Lipinski definition) is 5. The maximum absolute atomic E-state index is 13.5. The Morgan fingerprint density at radius 2 is 1.80 bits per heavy atom. The van der Waals surface area contributed by atoms with E-state index in [4.69, 9.17) is 9.47 Å². The Kier molecular flexibility index (Phi) is 5.98. The molecular weight excluding hydrogens is 359 g/mol. The summed E-state index contributed by atoms with van der Waals surface area (Å²) in [5.41, 5.74) is 0.503. The molecule has 0 atom stereocenters. The molecule has 0 N–H and O–H groups in total. The second-order valence-electron chi connectivity index (χ2n) is 4.97. The minimum absolute atomic E-state index is 0.0420. The summed E-state index contributed by atoms with van der Waals surface area (Å²) in [5, 5.41) is 3.86. The third kappa shape index (κ3) is 4.78. The highest BCUT2D eigenvalue weighted by Crippen LogP contribution is 2.25. The molecule has 0 unspecified atom stereocenters. The molecule has 3 rings (SSSR count). The summed E-state index contributed by atoms with van der Waals surface area (Å²) in [6.07, 6.45) is 1.82. The van der Waals surface area contributed by atoms with E-state index in [0.717, 1.165) is 9.75 Å². The second-order valence-corrected chi connectivity index (χ2v) is 6.89. The molecular formula is C19H15FO3S2. The van der Waals surface area contributed by atoms with Crippen LogP contribution in [-0.2, 0) is 9.53 Å². The standard InChI is InChI=1S/C19H15FO3S2/c20-16-6-1-2-7-17(16)22-9-10-23-19(21)15(18-8-4-12-25-18)13-14-5-3-11-24-14/h1-8,11-13H,9-10H2/b15-13+. The molecule has 0 saturated carbocycles. The zero-order valence-electron chi connectivity index (χ0n) is 13.2. The SMILES string of the molecule is O=C(OCCOc1ccccc1F)/C(=C/c1cccs1)c1cccs1. The summed E-state index contributed by atoms with van der Waals surface area (Å²) in [4.78, 5) is 14.3. The zero-order chi connectivity index (χ0) is 17.5. The molecule has 1 aromatic carbocycles. The van der Waals surface area contributed by atoms with Crippen LogP contribution in [0.1, 0.15) is 9.75 Å². The van der Waals surface area contributed by atoms with E-state index in [1.807, 2.05) is 41.1 Å². The Morgan fingerprint density at radius 3 is 2.52 bits per heavy atom. The molecule has 2 aromatic heterocycles. The lowest BCUT2D eigenvalue weighted by atomic mass is 10.2. The van der Waals surface area contributed by atoms with Gasteiger partial charge in [-0.15, -0.1) is 22.7 Å².